The molecule has 2 fully saturated rings. The van der Waals surface area contributed by atoms with Crippen molar-refractivity contribution in [2.24, 2.45) is 5.92 Å². The number of amides is 1. The average molecular weight is 558 g/mol. The number of aliphatic hydroxyl groups excluding tert-OH is 1. The molecule has 1 saturated heterocycles. The van der Waals surface area contributed by atoms with Crippen LogP contribution in [0, 0.1) is 5.92 Å². The Labute approximate surface area is 235 Å². The molecule has 3 aliphatic rings. The Morgan fingerprint density at radius 1 is 0.925 bits per heavy atom. The minimum atomic E-state index is -4.47. The van der Waals surface area contributed by atoms with Crippen molar-refractivity contribution in [2.45, 2.75) is 88.1 Å². The maximum atomic E-state index is 13.6. The highest BCUT2D eigenvalue weighted by Gasteiger charge is 2.49. The van der Waals surface area contributed by atoms with Crippen LogP contribution in [0.1, 0.15) is 75.3 Å². The second kappa shape index (κ2) is 12.6. The van der Waals surface area contributed by atoms with Gasteiger partial charge in [-0.25, -0.2) is 0 Å². The number of alkyl halides is 3. The van der Waals surface area contributed by atoms with E-state index in [1.807, 2.05) is 48.5 Å². The van der Waals surface area contributed by atoms with E-state index in [1.54, 1.807) is 0 Å². The van der Waals surface area contributed by atoms with E-state index < -0.39 is 30.3 Å². The molecule has 0 spiro atoms. The zero-order valence-corrected chi connectivity index (χ0v) is 23.2. The highest BCUT2D eigenvalue weighted by molar-refractivity contribution is 6.00. The van der Waals surface area contributed by atoms with Crippen LogP contribution < -0.4 is 10.6 Å². The number of hydrogen-bond donors (Lipinski definition) is 3. The molecule has 1 saturated carbocycles. The Kier molecular flexibility index (Phi) is 9.18. The van der Waals surface area contributed by atoms with Gasteiger partial charge in [-0.2, -0.15) is 13.2 Å². The van der Waals surface area contributed by atoms with Gasteiger partial charge in [-0.1, -0.05) is 74.2 Å². The maximum Gasteiger partial charge on any atom is 0.405 e. The molecular weight excluding hydrogens is 515 g/mol. The fourth-order valence-corrected chi connectivity index (χ4v) is 7.16. The molecule has 1 heterocycles. The van der Waals surface area contributed by atoms with Gasteiger partial charge in [0.2, 0.25) is 5.91 Å². The number of benzene rings is 2. The summed E-state index contributed by atoms with van der Waals surface area (Å²) in [4.78, 5) is 16.1. The number of rotatable bonds is 10. The number of halogens is 3. The molecule has 2 aromatic carbocycles. The van der Waals surface area contributed by atoms with Crippen LogP contribution in [0.2, 0.25) is 0 Å². The summed E-state index contributed by atoms with van der Waals surface area (Å²) < 4.78 is 39.3. The van der Waals surface area contributed by atoms with Gasteiger partial charge in [0.15, 0.2) is 0 Å². The first kappa shape index (κ1) is 29.1. The molecule has 2 aromatic rings. The van der Waals surface area contributed by atoms with Crippen molar-refractivity contribution in [3.63, 3.8) is 0 Å². The molecule has 8 heteroatoms. The first-order valence-electron chi connectivity index (χ1n) is 15.0. The molecule has 1 amide bonds. The highest BCUT2D eigenvalue weighted by Crippen LogP contribution is 2.51. The second-order valence-electron chi connectivity index (χ2n) is 11.9. The van der Waals surface area contributed by atoms with Crippen molar-refractivity contribution in [2.75, 3.05) is 26.2 Å². The van der Waals surface area contributed by atoms with Crippen LogP contribution in [0.15, 0.2) is 48.5 Å². The molecule has 1 aliphatic heterocycles. The van der Waals surface area contributed by atoms with Crippen LogP contribution in [0.25, 0.3) is 11.1 Å². The number of unbranched alkanes of at least 4 members (excludes halogenated alkanes) is 1. The van der Waals surface area contributed by atoms with Crippen LogP contribution in [-0.2, 0) is 10.2 Å². The lowest BCUT2D eigenvalue weighted by Gasteiger charge is -2.36. The summed E-state index contributed by atoms with van der Waals surface area (Å²) in [5.41, 5.74) is 2.29. The van der Waals surface area contributed by atoms with E-state index >= 15 is 0 Å². The minimum absolute atomic E-state index is 0.334. The third-order valence-corrected chi connectivity index (χ3v) is 9.27. The van der Waals surface area contributed by atoms with E-state index in [2.05, 4.69) is 15.5 Å². The molecule has 1 atom stereocenters. The molecule has 5 rings (SSSR count). The van der Waals surface area contributed by atoms with Gasteiger partial charge >= 0.3 is 6.18 Å². The van der Waals surface area contributed by atoms with Crippen LogP contribution >= 0.6 is 0 Å². The largest absolute Gasteiger partial charge is 0.405 e. The van der Waals surface area contributed by atoms with Crippen LogP contribution in [-0.4, -0.2) is 60.5 Å². The topological polar surface area (TPSA) is 64.6 Å². The molecule has 218 valence electrons. The Morgan fingerprint density at radius 2 is 1.52 bits per heavy atom. The zero-order valence-electron chi connectivity index (χ0n) is 23.2. The molecule has 0 radical (unpaired) electrons. The number of likely N-dealkylation sites (tertiary alicyclic amines) is 1. The van der Waals surface area contributed by atoms with E-state index in [4.69, 9.17) is 0 Å². The summed E-state index contributed by atoms with van der Waals surface area (Å²) in [7, 11) is 0. The number of piperidine rings is 1. The molecule has 3 N–H and O–H groups in total. The third kappa shape index (κ3) is 6.39. The Hall–Kier alpha value is -2.42. The molecule has 1 unspecified atom stereocenters. The number of carbonyl (C=O) groups is 1. The van der Waals surface area contributed by atoms with Crippen molar-refractivity contribution < 1.29 is 23.1 Å². The van der Waals surface area contributed by atoms with Gasteiger partial charge in [-0.15, -0.1) is 0 Å². The smallest absolute Gasteiger partial charge is 0.378 e. The van der Waals surface area contributed by atoms with Crippen molar-refractivity contribution >= 4 is 5.91 Å². The lowest BCUT2D eigenvalue weighted by atomic mass is 9.73. The minimum Gasteiger partial charge on any atom is -0.378 e. The molecule has 2 aliphatic carbocycles. The fraction of sp³-hybridized carbons (Fsp3) is 0.594. The summed E-state index contributed by atoms with van der Waals surface area (Å²) in [5.74, 6) is -0.205. The van der Waals surface area contributed by atoms with Crippen LogP contribution in [0.3, 0.4) is 0 Å². The normalized spacial score (nSPS) is 20.6. The summed E-state index contributed by atoms with van der Waals surface area (Å²) in [5, 5.41) is 16.3. The summed E-state index contributed by atoms with van der Waals surface area (Å²) in [6, 6.07) is 15.6. The molecule has 0 aromatic heterocycles. The molecule has 40 heavy (non-hydrogen) atoms. The van der Waals surface area contributed by atoms with E-state index in [1.165, 1.54) is 19.3 Å². The van der Waals surface area contributed by atoms with Gasteiger partial charge in [0.1, 0.15) is 18.2 Å². The van der Waals surface area contributed by atoms with E-state index in [9.17, 15) is 23.1 Å². The number of carbonyl (C=O) groups excluding carboxylic acids is 1. The van der Waals surface area contributed by atoms with Gasteiger partial charge in [0.05, 0.1) is 0 Å². The van der Waals surface area contributed by atoms with E-state index in [-0.39, 0.29) is 0 Å². The van der Waals surface area contributed by atoms with Crippen molar-refractivity contribution in [3.05, 3.63) is 59.7 Å². The third-order valence-electron chi connectivity index (χ3n) is 9.27. The Balaban J connectivity index is 1.19. The first-order chi connectivity index (χ1) is 19.3. The first-order valence-corrected chi connectivity index (χ1v) is 15.0. The van der Waals surface area contributed by atoms with Gasteiger partial charge in [-0.05, 0) is 86.3 Å². The lowest BCUT2D eigenvalue weighted by molar-refractivity contribution is -0.141. The van der Waals surface area contributed by atoms with Crippen molar-refractivity contribution in [3.8, 4) is 11.1 Å². The van der Waals surface area contributed by atoms with Crippen molar-refractivity contribution in [1.82, 2.24) is 15.5 Å². The van der Waals surface area contributed by atoms with Gasteiger partial charge in [-0.3, -0.25) is 10.1 Å². The summed E-state index contributed by atoms with van der Waals surface area (Å²) >= 11 is 0. The molecular formula is C32H42F3N3O2. The Morgan fingerprint density at radius 3 is 2.12 bits per heavy atom. The van der Waals surface area contributed by atoms with Gasteiger partial charge in [0.25, 0.3) is 0 Å². The average Bonchev–Trinajstić information content (AvgIpc) is 3.26. The quantitative estimate of drug-likeness (QED) is 0.257. The van der Waals surface area contributed by atoms with Crippen LogP contribution in [0.5, 0.6) is 0 Å². The van der Waals surface area contributed by atoms with E-state index in [0.717, 1.165) is 80.4 Å². The monoisotopic (exact) mass is 557 g/mol. The number of aliphatic hydroxyl groups is 1. The maximum absolute atomic E-state index is 13.6. The predicted molar refractivity (Wildman–Crippen MR) is 151 cm³/mol. The number of hydrogen-bond acceptors (Lipinski definition) is 4. The Bertz CT molecular complexity index is 1090. The predicted octanol–water partition coefficient (Wildman–Crippen LogP) is 5.75. The second-order valence-corrected chi connectivity index (χ2v) is 11.9. The number of nitrogens with one attached hydrogen (secondary N) is 2. The van der Waals surface area contributed by atoms with Gasteiger partial charge < -0.3 is 15.3 Å². The van der Waals surface area contributed by atoms with Crippen molar-refractivity contribution in [1.29, 1.82) is 0 Å². The SMILES string of the molecule is O=C(NCC(F)(F)F)C1(CCCCN2CCC(NC(O)C3CCCCC3)CC2)c2ccccc2-c2ccccc21. The molecule has 5 nitrogen and oxygen atoms in total. The lowest BCUT2D eigenvalue weighted by Crippen LogP contribution is -2.49. The zero-order chi connectivity index (χ0) is 28.2. The summed E-state index contributed by atoms with van der Waals surface area (Å²) in [6.45, 7) is 1.47. The van der Waals surface area contributed by atoms with E-state index in [0.29, 0.717) is 18.4 Å². The fourth-order valence-electron chi connectivity index (χ4n) is 7.16. The standard InChI is InChI=1S/C32H42F3N3O2/c33-32(34,35)22-36-30(40)31(27-14-6-4-12-25(27)26-13-5-7-15-28(26)31)18-8-9-19-38-20-16-24(17-21-38)37-29(39)23-10-2-1-3-11-23/h4-7,12-15,23-24,29,37,39H,1-3,8-11,16-22H2,(H,36,40). The van der Waals surface area contributed by atoms with Gasteiger partial charge in [0, 0.05) is 6.04 Å². The number of nitrogens with zero attached hydrogens (tertiary/aromatic N) is 1. The molecule has 0 bridgehead atoms. The number of fused-ring (bicyclic) bond motifs is 3. The van der Waals surface area contributed by atoms with Crippen LogP contribution in [0.4, 0.5) is 13.2 Å². The highest BCUT2D eigenvalue weighted by atomic mass is 19.4. The summed E-state index contributed by atoms with van der Waals surface area (Å²) in [6.07, 6.45) is 5.07.